The number of carboxylic acid groups (broad SMARTS) is 1. The normalized spacial score (nSPS) is 15.3. The molecule has 7 atom stereocenters. The minimum atomic E-state index is -1.15. The Hall–Kier alpha value is -4.49. The van der Waals surface area contributed by atoms with Gasteiger partial charge in [-0.1, -0.05) is 108 Å². The number of carbonyl (C=O) groups excluding carboxylic acids is 6. The second kappa shape index (κ2) is 21.9. The van der Waals surface area contributed by atoms with Crippen molar-refractivity contribution in [3.8, 4) is 0 Å². The van der Waals surface area contributed by atoms with Gasteiger partial charge in [-0.05, 0) is 47.6 Å². The Kier molecular flexibility index (Phi) is 19.4. The van der Waals surface area contributed by atoms with E-state index in [9.17, 15) is 38.7 Å². The maximum Gasteiger partial charge on any atom is 0.326 e. The molecular formula is C43H72N6O8. The smallest absolute Gasteiger partial charge is 0.326 e. The van der Waals surface area contributed by atoms with Crippen LogP contribution >= 0.6 is 0 Å². The zero-order chi connectivity index (χ0) is 44.4. The van der Waals surface area contributed by atoms with Gasteiger partial charge < -0.3 is 34.9 Å². The maximum atomic E-state index is 14.5. The van der Waals surface area contributed by atoms with E-state index in [0.29, 0.717) is 12.0 Å². The number of amides is 6. The first kappa shape index (κ1) is 50.5. The first-order chi connectivity index (χ1) is 26.3. The molecule has 14 nitrogen and oxygen atoms in total. The number of likely N-dealkylation sites (N-methyl/N-ethyl adjacent to an activating group) is 5. The van der Waals surface area contributed by atoms with E-state index in [2.05, 4.69) is 5.32 Å². The zero-order valence-corrected chi connectivity index (χ0v) is 37.6. The van der Waals surface area contributed by atoms with Crippen molar-refractivity contribution in [2.24, 2.45) is 35.5 Å². The van der Waals surface area contributed by atoms with Crippen LogP contribution in [0.3, 0.4) is 0 Å². The Bertz CT molecular complexity index is 1550. The lowest BCUT2D eigenvalue weighted by Crippen LogP contribution is -2.63. The molecular weight excluding hydrogens is 729 g/mol. The molecule has 0 aliphatic heterocycles. The van der Waals surface area contributed by atoms with Crippen LogP contribution in [0, 0.1) is 35.5 Å². The molecule has 0 aliphatic rings. The Labute approximate surface area is 341 Å². The van der Waals surface area contributed by atoms with Crippen molar-refractivity contribution < 1.29 is 38.7 Å². The summed E-state index contributed by atoms with van der Waals surface area (Å²) in [6.45, 7) is 21.5. The van der Waals surface area contributed by atoms with E-state index >= 15 is 0 Å². The van der Waals surface area contributed by atoms with Gasteiger partial charge in [0.1, 0.15) is 36.3 Å². The summed E-state index contributed by atoms with van der Waals surface area (Å²) in [6.07, 6.45) is 0.522. The van der Waals surface area contributed by atoms with Crippen LogP contribution < -0.4 is 5.32 Å². The van der Waals surface area contributed by atoms with Gasteiger partial charge in [-0.15, -0.1) is 0 Å². The summed E-state index contributed by atoms with van der Waals surface area (Å²) < 4.78 is 0. The molecule has 1 rings (SSSR count). The average Bonchev–Trinajstić information content (AvgIpc) is 3.12. The van der Waals surface area contributed by atoms with E-state index in [-0.39, 0.29) is 29.6 Å². The number of aliphatic carboxylic acids is 1. The second-order valence-electron chi connectivity index (χ2n) is 17.2. The lowest BCUT2D eigenvalue weighted by atomic mass is 9.92. The number of nitrogens with zero attached hydrogens (tertiary/aromatic N) is 5. The number of carboxylic acids is 1. The van der Waals surface area contributed by atoms with Crippen molar-refractivity contribution in [2.45, 2.75) is 126 Å². The highest BCUT2D eigenvalue weighted by molar-refractivity contribution is 5.99. The molecule has 0 aromatic heterocycles. The monoisotopic (exact) mass is 801 g/mol. The summed E-state index contributed by atoms with van der Waals surface area (Å²) in [5, 5.41) is 12.8. The van der Waals surface area contributed by atoms with Gasteiger partial charge in [-0.3, -0.25) is 28.8 Å². The van der Waals surface area contributed by atoms with Crippen LogP contribution in [0.5, 0.6) is 0 Å². The first-order valence-electron chi connectivity index (χ1n) is 20.2. The lowest BCUT2D eigenvalue weighted by Gasteiger charge is -2.41. The molecule has 322 valence electrons. The summed E-state index contributed by atoms with van der Waals surface area (Å²) in [5.41, 5.74) is 0.430. The van der Waals surface area contributed by atoms with Gasteiger partial charge in [-0.2, -0.15) is 0 Å². The van der Waals surface area contributed by atoms with Gasteiger partial charge in [0.15, 0.2) is 0 Å². The minimum absolute atomic E-state index is 0.291. The van der Waals surface area contributed by atoms with E-state index in [1.165, 1.54) is 52.7 Å². The molecule has 1 aromatic rings. The number of rotatable bonds is 20. The van der Waals surface area contributed by atoms with E-state index in [1.54, 1.807) is 78.9 Å². The second-order valence-corrected chi connectivity index (χ2v) is 17.2. The molecule has 0 heterocycles. The van der Waals surface area contributed by atoms with Crippen LogP contribution in [0.15, 0.2) is 30.3 Å². The number of hydrogen-bond acceptors (Lipinski definition) is 7. The Balaban J connectivity index is 3.50. The van der Waals surface area contributed by atoms with Crippen LogP contribution in [-0.2, 0) is 28.8 Å². The largest absolute Gasteiger partial charge is 0.480 e. The molecule has 1 aromatic carbocycles. The van der Waals surface area contributed by atoms with Crippen LogP contribution in [0.25, 0.3) is 0 Å². The summed E-state index contributed by atoms with van der Waals surface area (Å²) >= 11 is 0. The highest BCUT2D eigenvalue weighted by Gasteiger charge is 2.44. The van der Waals surface area contributed by atoms with Crippen molar-refractivity contribution in [2.75, 3.05) is 35.2 Å². The molecule has 6 amide bonds. The Morgan fingerprint density at radius 2 is 0.877 bits per heavy atom. The number of carbonyl (C=O) groups is 7. The fraction of sp³-hybridized carbons (Fsp3) is 0.698. The molecule has 2 N–H and O–H groups in total. The summed E-state index contributed by atoms with van der Waals surface area (Å²) in [6, 6.07) is 2.53. The molecule has 0 aliphatic carbocycles. The minimum Gasteiger partial charge on any atom is -0.480 e. The van der Waals surface area contributed by atoms with Gasteiger partial charge in [0.05, 0.1) is 0 Å². The van der Waals surface area contributed by atoms with Crippen molar-refractivity contribution in [1.82, 2.24) is 29.8 Å². The molecule has 0 radical (unpaired) electrons. The predicted octanol–water partition coefficient (Wildman–Crippen LogP) is 4.33. The van der Waals surface area contributed by atoms with Gasteiger partial charge in [0.25, 0.3) is 5.91 Å². The number of hydrogen-bond donors (Lipinski definition) is 2. The lowest BCUT2D eigenvalue weighted by molar-refractivity contribution is -0.157. The highest BCUT2D eigenvalue weighted by Crippen LogP contribution is 2.24. The van der Waals surface area contributed by atoms with Gasteiger partial charge in [0, 0.05) is 40.8 Å². The van der Waals surface area contributed by atoms with Crippen molar-refractivity contribution in [1.29, 1.82) is 0 Å². The quantitative estimate of drug-likeness (QED) is 0.197. The van der Waals surface area contributed by atoms with E-state index in [1.807, 2.05) is 41.5 Å². The summed E-state index contributed by atoms with van der Waals surface area (Å²) in [7, 11) is 7.53. The standard InChI is InChI=1S/C43H72N6O8/c1-18-29(12)36(42(55)48(16)35(28(10)11)43(56)57)49(17)39(52)31(24(2)3)44-37(50)32(25(4)5)45(13)40(53)34(27(8)9)47(15)41(54)33(26(6)7)46(14)38(51)30-22-20-19-21-23-30/h19-29,31-36H,18H2,1-17H3,(H,44,50)(H,56,57). The summed E-state index contributed by atoms with van der Waals surface area (Å²) in [5.74, 6) is -6.26. The van der Waals surface area contributed by atoms with E-state index in [0.717, 1.165) is 0 Å². The molecule has 14 heteroatoms. The molecule has 0 fully saturated rings. The predicted molar refractivity (Wildman–Crippen MR) is 222 cm³/mol. The van der Waals surface area contributed by atoms with Gasteiger partial charge >= 0.3 is 5.97 Å². The van der Waals surface area contributed by atoms with Crippen molar-refractivity contribution >= 4 is 41.4 Å². The SMILES string of the molecule is CCC(C)C(C(=O)N(C)C(C(=O)O)C(C)C)N(C)C(=O)C(NC(=O)C(C(C)C)N(C)C(=O)C(C(C)C)N(C)C(=O)C(C(C)C)N(C)C(=O)c1ccccc1)C(C)C. The molecule has 0 bridgehead atoms. The van der Waals surface area contributed by atoms with Gasteiger partial charge in [0.2, 0.25) is 29.5 Å². The van der Waals surface area contributed by atoms with E-state index < -0.39 is 83.6 Å². The fourth-order valence-corrected chi connectivity index (χ4v) is 7.69. The van der Waals surface area contributed by atoms with E-state index in [4.69, 9.17) is 0 Å². The molecule has 0 saturated carbocycles. The van der Waals surface area contributed by atoms with Crippen LogP contribution in [0.2, 0.25) is 0 Å². The molecule has 57 heavy (non-hydrogen) atoms. The Morgan fingerprint density at radius 1 is 0.509 bits per heavy atom. The van der Waals surface area contributed by atoms with Crippen LogP contribution in [-0.4, -0.2) is 143 Å². The first-order valence-corrected chi connectivity index (χ1v) is 20.2. The third kappa shape index (κ3) is 12.3. The fourth-order valence-electron chi connectivity index (χ4n) is 7.69. The topological polar surface area (TPSA) is 168 Å². The Morgan fingerprint density at radius 3 is 1.26 bits per heavy atom. The third-order valence-electron chi connectivity index (χ3n) is 11.0. The maximum absolute atomic E-state index is 14.5. The van der Waals surface area contributed by atoms with Crippen LogP contribution in [0.4, 0.5) is 0 Å². The molecule has 0 saturated heterocycles. The summed E-state index contributed by atoms with van der Waals surface area (Å²) in [4.78, 5) is 103. The highest BCUT2D eigenvalue weighted by atomic mass is 16.4. The van der Waals surface area contributed by atoms with Crippen LogP contribution in [0.1, 0.15) is 99.9 Å². The molecule has 7 unspecified atom stereocenters. The van der Waals surface area contributed by atoms with Crippen molar-refractivity contribution in [3.05, 3.63) is 35.9 Å². The van der Waals surface area contributed by atoms with Crippen molar-refractivity contribution in [3.63, 3.8) is 0 Å². The average molecular weight is 801 g/mol. The third-order valence-corrected chi connectivity index (χ3v) is 11.0. The molecule has 0 spiro atoms. The number of nitrogens with one attached hydrogen (secondary N) is 1. The van der Waals surface area contributed by atoms with Gasteiger partial charge in [-0.25, -0.2) is 4.79 Å². The number of benzene rings is 1. The zero-order valence-electron chi connectivity index (χ0n) is 37.6.